The molecular weight excluding hydrogens is 301 g/mol. The highest BCUT2D eigenvalue weighted by molar-refractivity contribution is 5.83. The fraction of sp³-hybridized carbons (Fsp3) is 0.100. The van der Waals surface area contributed by atoms with Crippen molar-refractivity contribution in [1.29, 1.82) is 0 Å². The normalized spacial score (nSPS) is 13.8. The SMILES string of the molecule is Fc1ccccc1C1=CCNCc2cc(-c3cccnn3)ccc21. The smallest absolute Gasteiger partial charge is 0.131 e. The van der Waals surface area contributed by atoms with Gasteiger partial charge in [0.1, 0.15) is 5.82 Å². The van der Waals surface area contributed by atoms with Gasteiger partial charge >= 0.3 is 0 Å². The van der Waals surface area contributed by atoms with Crippen LogP contribution in [0.15, 0.2) is 66.9 Å². The average Bonchev–Trinajstić information content (AvgIpc) is 2.85. The molecule has 0 radical (unpaired) electrons. The molecule has 1 aliphatic heterocycles. The molecule has 0 saturated heterocycles. The molecule has 0 aliphatic carbocycles. The largest absolute Gasteiger partial charge is 0.309 e. The average molecular weight is 317 g/mol. The fourth-order valence-corrected chi connectivity index (χ4v) is 3.04. The predicted octanol–water partition coefficient (Wildman–Crippen LogP) is 3.82. The number of nitrogens with one attached hydrogen (secondary N) is 1. The Hall–Kier alpha value is -2.85. The molecule has 0 unspecified atom stereocenters. The Morgan fingerprint density at radius 1 is 0.958 bits per heavy atom. The molecule has 2 heterocycles. The summed E-state index contributed by atoms with van der Waals surface area (Å²) in [4.78, 5) is 0. The van der Waals surface area contributed by atoms with Crippen LogP contribution in [0.25, 0.3) is 16.8 Å². The van der Waals surface area contributed by atoms with Crippen molar-refractivity contribution in [2.24, 2.45) is 0 Å². The number of benzene rings is 2. The number of hydrogen-bond donors (Lipinski definition) is 1. The Labute approximate surface area is 139 Å². The third-order valence-electron chi connectivity index (χ3n) is 4.19. The van der Waals surface area contributed by atoms with Crippen LogP contribution < -0.4 is 5.32 Å². The van der Waals surface area contributed by atoms with Gasteiger partial charge in [-0.05, 0) is 41.0 Å². The maximum Gasteiger partial charge on any atom is 0.131 e. The van der Waals surface area contributed by atoms with Crippen LogP contribution in [0.1, 0.15) is 16.7 Å². The fourth-order valence-electron chi connectivity index (χ4n) is 3.04. The number of halogens is 1. The third kappa shape index (κ3) is 2.72. The van der Waals surface area contributed by atoms with Crippen LogP contribution in [-0.4, -0.2) is 16.7 Å². The lowest BCUT2D eigenvalue weighted by Crippen LogP contribution is -2.11. The topological polar surface area (TPSA) is 37.8 Å². The van der Waals surface area contributed by atoms with E-state index in [1.165, 1.54) is 6.07 Å². The molecule has 118 valence electrons. The number of fused-ring (bicyclic) bond motifs is 1. The number of rotatable bonds is 2. The van der Waals surface area contributed by atoms with Crippen LogP contribution >= 0.6 is 0 Å². The number of hydrogen-bond acceptors (Lipinski definition) is 3. The number of nitrogens with zero attached hydrogens (tertiary/aromatic N) is 2. The quantitative estimate of drug-likeness (QED) is 0.781. The van der Waals surface area contributed by atoms with Crippen LogP contribution in [0, 0.1) is 5.82 Å². The van der Waals surface area contributed by atoms with Gasteiger partial charge in [-0.15, -0.1) is 0 Å². The summed E-state index contributed by atoms with van der Waals surface area (Å²) >= 11 is 0. The first-order valence-corrected chi connectivity index (χ1v) is 7.90. The summed E-state index contributed by atoms with van der Waals surface area (Å²) in [6.07, 6.45) is 3.71. The molecule has 4 heteroatoms. The summed E-state index contributed by atoms with van der Waals surface area (Å²) in [7, 11) is 0. The molecule has 3 aromatic rings. The maximum absolute atomic E-state index is 14.3. The molecule has 3 nitrogen and oxygen atoms in total. The van der Waals surface area contributed by atoms with Crippen molar-refractivity contribution in [3.05, 3.63) is 89.4 Å². The molecule has 24 heavy (non-hydrogen) atoms. The second-order valence-corrected chi connectivity index (χ2v) is 5.71. The van der Waals surface area contributed by atoms with E-state index in [0.29, 0.717) is 12.1 Å². The Bertz CT molecular complexity index is 904. The Balaban J connectivity index is 1.82. The summed E-state index contributed by atoms with van der Waals surface area (Å²) in [6.45, 7) is 1.44. The summed E-state index contributed by atoms with van der Waals surface area (Å²) in [5, 5.41) is 11.5. The van der Waals surface area contributed by atoms with Crippen LogP contribution in [-0.2, 0) is 6.54 Å². The van der Waals surface area contributed by atoms with E-state index in [2.05, 4.69) is 21.6 Å². The molecule has 1 N–H and O–H groups in total. The molecule has 0 amide bonds. The third-order valence-corrected chi connectivity index (χ3v) is 4.19. The minimum Gasteiger partial charge on any atom is -0.309 e. The Kier molecular flexibility index (Phi) is 3.89. The first-order valence-electron chi connectivity index (χ1n) is 7.90. The van der Waals surface area contributed by atoms with Crippen molar-refractivity contribution < 1.29 is 4.39 Å². The van der Waals surface area contributed by atoms with E-state index in [1.807, 2.05) is 42.5 Å². The Morgan fingerprint density at radius 2 is 1.88 bits per heavy atom. The standard InChI is InChI=1S/C20H16FN3/c21-19-5-2-1-4-18(19)17-9-11-22-13-15-12-14(7-8-16(15)17)20-6-3-10-23-24-20/h1-10,12,22H,11,13H2. The van der Waals surface area contributed by atoms with Gasteiger partial charge in [-0.1, -0.05) is 36.4 Å². The monoisotopic (exact) mass is 317 g/mol. The molecule has 0 saturated carbocycles. The van der Waals surface area contributed by atoms with Gasteiger partial charge in [0.25, 0.3) is 0 Å². The first kappa shape index (κ1) is 14.7. The summed E-state index contributed by atoms with van der Waals surface area (Å²) < 4.78 is 14.3. The lowest BCUT2D eigenvalue weighted by molar-refractivity contribution is 0.624. The zero-order valence-corrected chi connectivity index (χ0v) is 13.0. The van der Waals surface area contributed by atoms with E-state index in [-0.39, 0.29) is 5.82 Å². The summed E-state index contributed by atoms with van der Waals surface area (Å²) in [6, 6.07) is 16.9. The van der Waals surface area contributed by atoms with E-state index in [4.69, 9.17) is 0 Å². The summed E-state index contributed by atoms with van der Waals surface area (Å²) in [5.74, 6) is -0.199. The van der Waals surface area contributed by atoms with Crippen molar-refractivity contribution in [1.82, 2.24) is 15.5 Å². The molecule has 0 bridgehead atoms. The van der Waals surface area contributed by atoms with Crippen molar-refractivity contribution in [3.63, 3.8) is 0 Å². The van der Waals surface area contributed by atoms with Crippen LogP contribution in [0.4, 0.5) is 4.39 Å². The molecule has 0 fully saturated rings. The first-order chi connectivity index (χ1) is 11.8. The Morgan fingerprint density at radius 3 is 2.71 bits per heavy atom. The molecule has 0 atom stereocenters. The van der Waals surface area contributed by atoms with Gasteiger partial charge < -0.3 is 5.32 Å². The van der Waals surface area contributed by atoms with E-state index in [0.717, 1.165) is 34.5 Å². The highest BCUT2D eigenvalue weighted by Crippen LogP contribution is 2.31. The van der Waals surface area contributed by atoms with Gasteiger partial charge in [0.15, 0.2) is 0 Å². The van der Waals surface area contributed by atoms with Crippen LogP contribution in [0.2, 0.25) is 0 Å². The van der Waals surface area contributed by atoms with Gasteiger partial charge in [-0.3, -0.25) is 0 Å². The van der Waals surface area contributed by atoms with Gasteiger partial charge in [-0.2, -0.15) is 10.2 Å². The lowest BCUT2D eigenvalue weighted by Gasteiger charge is -2.13. The van der Waals surface area contributed by atoms with Gasteiger partial charge in [-0.25, -0.2) is 4.39 Å². The van der Waals surface area contributed by atoms with Crippen molar-refractivity contribution >= 4 is 5.57 Å². The lowest BCUT2D eigenvalue weighted by atomic mass is 9.92. The number of aromatic nitrogens is 2. The summed E-state index contributed by atoms with van der Waals surface area (Å²) in [5.41, 5.74) is 5.59. The minimum absolute atomic E-state index is 0.199. The van der Waals surface area contributed by atoms with Crippen molar-refractivity contribution in [2.45, 2.75) is 6.54 Å². The van der Waals surface area contributed by atoms with Crippen molar-refractivity contribution in [3.8, 4) is 11.3 Å². The van der Waals surface area contributed by atoms with Gasteiger partial charge in [0, 0.05) is 30.4 Å². The van der Waals surface area contributed by atoms with Crippen LogP contribution in [0.5, 0.6) is 0 Å². The predicted molar refractivity (Wildman–Crippen MR) is 92.7 cm³/mol. The van der Waals surface area contributed by atoms with E-state index in [9.17, 15) is 4.39 Å². The highest BCUT2D eigenvalue weighted by atomic mass is 19.1. The maximum atomic E-state index is 14.3. The minimum atomic E-state index is -0.199. The molecule has 0 spiro atoms. The molecule has 1 aliphatic rings. The molecular formula is C20H16FN3. The van der Waals surface area contributed by atoms with E-state index >= 15 is 0 Å². The zero-order valence-electron chi connectivity index (χ0n) is 13.0. The second-order valence-electron chi connectivity index (χ2n) is 5.71. The van der Waals surface area contributed by atoms with Crippen LogP contribution in [0.3, 0.4) is 0 Å². The molecule has 1 aromatic heterocycles. The van der Waals surface area contributed by atoms with E-state index < -0.39 is 0 Å². The highest BCUT2D eigenvalue weighted by Gasteiger charge is 2.16. The van der Waals surface area contributed by atoms with E-state index in [1.54, 1.807) is 12.3 Å². The van der Waals surface area contributed by atoms with Gasteiger partial charge in [0.2, 0.25) is 0 Å². The van der Waals surface area contributed by atoms with Gasteiger partial charge in [0.05, 0.1) is 5.69 Å². The second kappa shape index (κ2) is 6.34. The van der Waals surface area contributed by atoms with Crippen molar-refractivity contribution in [2.75, 3.05) is 6.54 Å². The molecule has 4 rings (SSSR count). The zero-order chi connectivity index (χ0) is 16.4. The molecule has 2 aromatic carbocycles.